The Morgan fingerprint density at radius 3 is 2.79 bits per heavy atom. The summed E-state index contributed by atoms with van der Waals surface area (Å²) in [4.78, 5) is 16.8. The molecule has 2 aromatic heterocycles. The number of rotatable bonds is 6. The minimum atomic E-state index is -0.339. The zero-order valence-corrected chi connectivity index (χ0v) is 15.9. The van der Waals surface area contributed by atoms with Gasteiger partial charge in [-0.3, -0.25) is 10.00 Å². The summed E-state index contributed by atoms with van der Waals surface area (Å²) < 4.78 is 1.93. The number of aliphatic hydroxyl groups excluding tert-OH is 1. The third-order valence-electron chi connectivity index (χ3n) is 5.38. The largest absolute Gasteiger partial charge is 0.390 e. The highest BCUT2D eigenvalue weighted by atomic mass is 16.3. The Kier molecular flexibility index (Phi) is 5.25. The van der Waals surface area contributed by atoms with E-state index in [0.29, 0.717) is 17.4 Å². The quantitative estimate of drug-likeness (QED) is 0.610. The van der Waals surface area contributed by atoms with Gasteiger partial charge >= 0.3 is 6.03 Å². The van der Waals surface area contributed by atoms with Crippen LogP contribution >= 0.6 is 0 Å². The molecule has 0 saturated heterocycles. The van der Waals surface area contributed by atoms with Crippen LogP contribution in [-0.4, -0.2) is 25.9 Å². The van der Waals surface area contributed by atoms with Gasteiger partial charge in [-0.05, 0) is 37.3 Å². The highest BCUT2D eigenvalue weighted by molar-refractivity contribution is 5.92. The fraction of sp³-hybridized carbons (Fsp3) is 0.381. The summed E-state index contributed by atoms with van der Waals surface area (Å²) in [6, 6.07) is 11.1. The van der Waals surface area contributed by atoms with Gasteiger partial charge in [-0.1, -0.05) is 36.8 Å². The number of hydrogen-bond donors (Lipinski definition) is 3. The summed E-state index contributed by atoms with van der Waals surface area (Å²) >= 11 is 0. The van der Waals surface area contributed by atoms with Crippen molar-refractivity contribution >= 4 is 22.8 Å². The summed E-state index contributed by atoms with van der Waals surface area (Å²) in [5, 5.41) is 20.8. The summed E-state index contributed by atoms with van der Waals surface area (Å²) in [5.41, 5.74) is 2.40. The van der Waals surface area contributed by atoms with Gasteiger partial charge in [0.2, 0.25) is 0 Å². The first kappa shape index (κ1) is 18.4. The molecule has 1 atom stereocenters. The molecular weight excluding hydrogens is 354 g/mol. The van der Waals surface area contributed by atoms with Gasteiger partial charge < -0.3 is 10.4 Å². The molecule has 0 radical (unpaired) electrons. The van der Waals surface area contributed by atoms with E-state index in [0.717, 1.165) is 23.0 Å². The van der Waals surface area contributed by atoms with E-state index in [4.69, 9.17) is 0 Å². The lowest BCUT2D eigenvalue weighted by Gasteiger charge is -2.25. The maximum absolute atomic E-state index is 12.4. The van der Waals surface area contributed by atoms with Crippen LogP contribution in [0.3, 0.4) is 0 Å². The Morgan fingerprint density at radius 2 is 2.11 bits per heavy atom. The van der Waals surface area contributed by atoms with E-state index in [1.165, 1.54) is 19.3 Å². The molecule has 1 aromatic carbocycles. The highest BCUT2D eigenvalue weighted by Gasteiger charge is 2.21. The number of pyridine rings is 1. The van der Waals surface area contributed by atoms with Crippen molar-refractivity contribution in [3.63, 3.8) is 0 Å². The second-order valence-electron chi connectivity index (χ2n) is 7.40. The monoisotopic (exact) mass is 379 g/mol. The summed E-state index contributed by atoms with van der Waals surface area (Å²) in [6.45, 7) is 2.57. The third-order valence-corrected chi connectivity index (χ3v) is 5.38. The number of nitrogens with zero attached hydrogens (tertiary/aromatic N) is 3. The Bertz CT molecular complexity index is 966. The molecular formula is C21H25N5O2. The van der Waals surface area contributed by atoms with E-state index in [2.05, 4.69) is 20.7 Å². The first-order valence-corrected chi connectivity index (χ1v) is 9.73. The number of anilines is 1. The van der Waals surface area contributed by atoms with Gasteiger partial charge in [0.1, 0.15) is 5.82 Å². The SMILES string of the molecule is CC(NC(=O)Nc1cc2cnn(CC3CCC3)c2c(CO)n1)c1ccccc1. The molecule has 3 N–H and O–H groups in total. The zero-order valence-electron chi connectivity index (χ0n) is 15.9. The predicted molar refractivity (Wildman–Crippen MR) is 108 cm³/mol. The fourth-order valence-corrected chi connectivity index (χ4v) is 3.61. The van der Waals surface area contributed by atoms with Crippen molar-refractivity contribution in [3.05, 3.63) is 53.9 Å². The van der Waals surface area contributed by atoms with E-state index in [1.54, 1.807) is 12.3 Å². The van der Waals surface area contributed by atoms with Crippen LogP contribution in [-0.2, 0) is 13.2 Å². The summed E-state index contributed by atoms with van der Waals surface area (Å²) in [6.07, 6.45) is 5.50. The molecule has 0 spiro atoms. The van der Waals surface area contributed by atoms with Crippen molar-refractivity contribution in [2.75, 3.05) is 5.32 Å². The van der Waals surface area contributed by atoms with E-state index < -0.39 is 0 Å². The second kappa shape index (κ2) is 7.98. The highest BCUT2D eigenvalue weighted by Crippen LogP contribution is 2.30. The molecule has 1 saturated carbocycles. The smallest absolute Gasteiger partial charge is 0.320 e. The molecule has 146 valence electrons. The van der Waals surface area contributed by atoms with Crippen molar-refractivity contribution in [2.45, 2.75) is 45.4 Å². The Balaban J connectivity index is 1.50. The Labute approximate surface area is 163 Å². The summed E-state index contributed by atoms with van der Waals surface area (Å²) in [7, 11) is 0. The van der Waals surface area contributed by atoms with Crippen LogP contribution in [0.15, 0.2) is 42.6 Å². The number of carbonyl (C=O) groups is 1. The number of hydrogen-bond acceptors (Lipinski definition) is 4. The maximum atomic E-state index is 12.4. The van der Waals surface area contributed by atoms with Crippen LogP contribution in [0.4, 0.5) is 10.6 Å². The van der Waals surface area contributed by atoms with Gasteiger partial charge in [0.05, 0.1) is 30.1 Å². The minimum absolute atomic E-state index is 0.132. The van der Waals surface area contributed by atoms with E-state index in [9.17, 15) is 9.90 Å². The third kappa shape index (κ3) is 3.84. The molecule has 28 heavy (non-hydrogen) atoms. The minimum Gasteiger partial charge on any atom is -0.390 e. The fourth-order valence-electron chi connectivity index (χ4n) is 3.61. The van der Waals surface area contributed by atoms with Crippen molar-refractivity contribution in [2.24, 2.45) is 5.92 Å². The van der Waals surface area contributed by atoms with Gasteiger partial charge in [0, 0.05) is 11.9 Å². The first-order valence-electron chi connectivity index (χ1n) is 9.73. The molecule has 1 unspecified atom stereocenters. The molecule has 3 aromatic rings. The zero-order chi connectivity index (χ0) is 19.5. The van der Waals surface area contributed by atoms with Gasteiger partial charge in [0.25, 0.3) is 0 Å². The van der Waals surface area contributed by atoms with Crippen LogP contribution in [0.1, 0.15) is 43.5 Å². The molecule has 2 heterocycles. The average molecular weight is 379 g/mol. The van der Waals surface area contributed by atoms with Crippen LogP contribution in [0.25, 0.3) is 10.9 Å². The van der Waals surface area contributed by atoms with Crippen LogP contribution < -0.4 is 10.6 Å². The van der Waals surface area contributed by atoms with E-state index in [-0.39, 0.29) is 18.7 Å². The molecule has 4 rings (SSSR count). The van der Waals surface area contributed by atoms with Crippen molar-refractivity contribution in [1.82, 2.24) is 20.1 Å². The number of benzene rings is 1. The lowest BCUT2D eigenvalue weighted by Crippen LogP contribution is -2.31. The van der Waals surface area contributed by atoms with Gasteiger partial charge in [-0.2, -0.15) is 5.10 Å². The topological polar surface area (TPSA) is 92.1 Å². The number of nitrogens with one attached hydrogen (secondary N) is 2. The van der Waals surface area contributed by atoms with Crippen molar-refractivity contribution < 1.29 is 9.90 Å². The molecule has 1 aliphatic carbocycles. The van der Waals surface area contributed by atoms with Crippen molar-refractivity contribution in [3.8, 4) is 0 Å². The molecule has 1 aliphatic rings. The van der Waals surface area contributed by atoms with Crippen LogP contribution in [0.5, 0.6) is 0 Å². The standard InChI is InChI=1S/C21H25N5O2/c1-14(16-8-3-2-4-9-16)23-21(28)25-19-10-17-11-22-26(12-15-6-5-7-15)20(17)18(13-27)24-19/h2-4,8-11,14-15,27H,5-7,12-13H2,1H3,(H2,23,24,25,28). The molecule has 2 amide bonds. The lowest BCUT2D eigenvalue weighted by atomic mass is 9.85. The van der Waals surface area contributed by atoms with Gasteiger partial charge in [-0.15, -0.1) is 0 Å². The Hall–Kier alpha value is -2.93. The molecule has 7 heteroatoms. The number of amides is 2. The number of carbonyl (C=O) groups excluding carboxylic acids is 1. The van der Waals surface area contributed by atoms with Gasteiger partial charge in [-0.25, -0.2) is 9.78 Å². The average Bonchev–Trinajstić information content (AvgIpc) is 3.07. The van der Waals surface area contributed by atoms with E-state index >= 15 is 0 Å². The van der Waals surface area contributed by atoms with Crippen LogP contribution in [0.2, 0.25) is 0 Å². The number of aromatic nitrogens is 3. The number of urea groups is 1. The maximum Gasteiger partial charge on any atom is 0.320 e. The van der Waals surface area contributed by atoms with Crippen molar-refractivity contribution in [1.29, 1.82) is 0 Å². The molecule has 1 fully saturated rings. The summed E-state index contributed by atoms with van der Waals surface area (Å²) in [5.74, 6) is 1.05. The predicted octanol–water partition coefficient (Wildman–Crippen LogP) is 3.61. The van der Waals surface area contributed by atoms with Crippen LogP contribution in [0, 0.1) is 5.92 Å². The Morgan fingerprint density at radius 1 is 1.32 bits per heavy atom. The molecule has 0 aliphatic heterocycles. The normalized spacial score (nSPS) is 15.2. The van der Waals surface area contributed by atoms with Gasteiger partial charge in [0.15, 0.2) is 0 Å². The second-order valence-corrected chi connectivity index (χ2v) is 7.40. The lowest BCUT2D eigenvalue weighted by molar-refractivity contribution is 0.249. The van der Waals surface area contributed by atoms with E-state index in [1.807, 2.05) is 41.9 Å². The molecule has 0 bridgehead atoms. The number of fused-ring (bicyclic) bond motifs is 1. The molecule has 7 nitrogen and oxygen atoms in total. The first-order chi connectivity index (χ1) is 13.6. The number of aliphatic hydroxyl groups is 1.